The van der Waals surface area contributed by atoms with Gasteiger partial charge < -0.3 is 19.9 Å². The van der Waals surface area contributed by atoms with E-state index in [4.69, 9.17) is 4.74 Å². The fourth-order valence-electron chi connectivity index (χ4n) is 4.38. The zero-order valence-electron chi connectivity index (χ0n) is 16.7. The number of hydrogen-bond donors (Lipinski definition) is 2. The van der Waals surface area contributed by atoms with Gasteiger partial charge in [0.2, 0.25) is 5.91 Å². The van der Waals surface area contributed by atoms with Gasteiger partial charge in [-0.05, 0) is 60.7 Å². The summed E-state index contributed by atoms with van der Waals surface area (Å²) in [5.74, 6) is 1.70. The van der Waals surface area contributed by atoms with E-state index in [-0.39, 0.29) is 11.8 Å². The lowest BCUT2D eigenvalue weighted by Crippen LogP contribution is -2.38. The molecular formula is C23H23N3O3S. The van der Waals surface area contributed by atoms with Gasteiger partial charge in [0.05, 0.1) is 18.6 Å². The Morgan fingerprint density at radius 1 is 1.17 bits per heavy atom. The van der Waals surface area contributed by atoms with Gasteiger partial charge in [-0.1, -0.05) is 0 Å². The Labute approximate surface area is 179 Å². The van der Waals surface area contributed by atoms with E-state index in [2.05, 4.69) is 22.6 Å². The van der Waals surface area contributed by atoms with Gasteiger partial charge in [0, 0.05) is 40.6 Å². The number of piperidine rings is 1. The normalized spacial score (nSPS) is 17.0. The molecule has 1 fully saturated rings. The second-order valence-corrected chi connectivity index (χ2v) is 8.79. The summed E-state index contributed by atoms with van der Waals surface area (Å²) in [6.45, 7) is 1.44. The Kier molecular flexibility index (Phi) is 4.90. The zero-order valence-corrected chi connectivity index (χ0v) is 17.6. The highest BCUT2D eigenvalue weighted by atomic mass is 32.2. The fourth-order valence-corrected chi connectivity index (χ4v) is 5.17. The number of carbonyl (C=O) groups is 2. The van der Waals surface area contributed by atoms with Crippen LogP contribution in [0, 0.1) is 0 Å². The molecule has 3 aromatic rings. The lowest BCUT2D eigenvalue weighted by molar-refractivity contribution is -0.113. The topological polar surface area (TPSA) is 74.4 Å². The number of carbonyl (C=O) groups excluding carboxylic acids is 2. The van der Waals surface area contributed by atoms with Crippen LogP contribution in [0.3, 0.4) is 0 Å². The van der Waals surface area contributed by atoms with E-state index >= 15 is 0 Å². The van der Waals surface area contributed by atoms with Crippen LogP contribution < -0.4 is 10.1 Å². The molecule has 7 heteroatoms. The Morgan fingerprint density at radius 2 is 2.00 bits per heavy atom. The van der Waals surface area contributed by atoms with E-state index < -0.39 is 0 Å². The molecule has 3 heterocycles. The smallest absolute Gasteiger partial charge is 0.253 e. The molecule has 2 aliphatic heterocycles. The van der Waals surface area contributed by atoms with Crippen molar-refractivity contribution in [3.8, 4) is 5.75 Å². The summed E-state index contributed by atoms with van der Waals surface area (Å²) < 4.78 is 5.38. The van der Waals surface area contributed by atoms with Crippen LogP contribution in [-0.2, 0) is 4.79 Å². The van der Waals surface area contributed by atoms with Crippen molar-refractivity contribution in [3.63, 3.8) is 0 Å². The van der Waals surface area contributed by atoms with Crippen molar-refractivity contribution in [1.82, 2.24) is 9.88 Å². The van der Waals surface area contributed by atoms with Crippen molar-refractivity contribution in [3.05, 3.63) is 53.7 Å². The predicted molar refractivity (Wildman–Crippen MR) is 119 cm³/mol. The molecule has 2 amide bonds. The summed E-state index contributed by atoms with van der Waals surface area (Å²) in [6, 6.07) is 11.7. The first-order valence-corrected chi connectivity index (χ1v) is 11.1. The summed E-state index contributed by atoms with van der Waals surface area (Å²) >= 11 is 1.51. The number of rotatable bonds is 3. The number of benzene rings is 2. The number of methoxy groups -OCH3 is 1. The van der Waals surface area contributed by atoms with E-state index in [0.717, 1.165) is 47.8 Å². The second kappa shape index (κ2) is 7.72. The fraction of sp³-hybridized carbons (Fsp3) is 0.304. The third-order valence-corrected chi connectivity index (χ3v) is 7.08. The number of thioether (sulfide) groups is 1. The minimum absolute atomic E-state index is 0.0201. The molecule has 5 rings (SSSR count). The molecule has 0 bridgehead atoms. The maximum absolute atomic E-state index is 13.0. The molecule has 0 aliphatic carbocycles. The number of nitrogens with one attached hydrogen (secondary N) is 2. The Morgan fingerprint density at radius 3 is 2.80 bits per heavy atom. The van der Waals surface area contributed by atoms with Crippen LogP contribution >= 0.6 is 11.8 Å². The standard InChI is InChI=1S/C23H23N3O3S/c1-29-16-3-4-19-17(11-16)18(12-24-19)14-6-8-26(9-7-14)23(28)15-2-5-21-20(10-15)25-22(27)13-30-21/h2-5,10-12,14,24H,6-9,13H2,1H3,(H,25,27). The molecule has 30 heavy (non-hydrogen) atoms. The highest BCUT2D eigenvalue weighted by molar-refractivity contribution is 8.00. The minimum atomic E-state index is -0.0201. The number of anilines is 1. The number of fused-ring (bicyclic) bond motifs is 2. The number of nitrogens with zero attached hydrogens (tertiary/aromatic N) is 1. The number of aromatic nitrogens is 1. The van der Waals surface area contributed by atoms with Crippen molar-refractivity contribution in [2.24, 2.45) is 0 Å². The number of hydrogen-bond acceptors (Lipinski definition) is 4. The van der Waals surface area contributed by atoms with E-state index in [0.29, 0.717) is 17.2 Å². The Balaban J connectivity index is 1.30. The van der Waals surface area contributed by atoms with Crippen LogP contribution in [0.4, 0.5) is 5.69 Å². The van der Waals surface area contributed by atoms with E-state index in [9.17, 15) is 9.59 Å². The van der Waals surface area contributed by atoms with Crippen molar-refractivity contribution >= 4 is 40.2 Å². The van der Waals surface area contributed by atoms with E-state index in [1.54, 1.807) is 13.2 Å². The van der Waals surface area contributed by atoms with Crippen molar-refractivity contribution in [2.45, 2.75) is 23.7 Å². The van der Waals surface area contributed by atoms with Gasteiger partial charge in [0.25, 0.3) is 5.91 Å². The van der Waals surface area contributed by atoms with Gasteiger partial charge in [0.15, 0.2) is 0 Å². The summed E-state index contributed by atoms with van der Waals surface area (Å²) in [6.07, 6.45) is 3.94. The lowest BCUT2D eigenvalue weighted by atomic mass is 9.89. The first-order chi connectivity index (χ1) is 14.6. The van der Waals surface area contributed by atoms with Gasteiger partial charge in [-0.3, -0.25) is 9.59 Å². The molecule has 2 aliphatic rings. The maximum atomic E-state index is 13.0. The third-order valence-electron chi connectivity index (χ3n) is 6.00. The maximum Gasteiger partial charge on any atom is 0.253 e. The quantitative estimate of drug-likeness (QED) is 0.663. The highest BCUT2D eigenvalue weighted by Crippen LogP contribution is 2.36. The van der Waals surface area contributed by atoms with Crippen molar-refractivity contribution in [2.75, 3.05) is 31.3 Å². The summed E-state index contributed by atoms with van der Waals surface area (Å²) in [5, 5.41) is 4.06. The summed E-state index contributed by atoms with van der Waals surface area (Å²) in [7, 11) is 1.68. The van der Waals surface area contributed by atoms with E-state index in [1.807, 2.05) is 29.2 Å². The third kappa shape index (κ3) is 3.43. The number of amides is 2. The van der Waals surface area contributed by atoms with Gasteiger partial charge in [-0.25, -0.2) is 0 Å². The molecular weight excluding hydrogens is 398 g/mol. The predicted octanol–water partition coefficient (Wildman–Crippen LogP) is 4.24. The average Bonchev–Trinajstić information content (AvgIpc) is 3.21. The lowest BCUT2D eigenvalue weighted by Gasteiger charge is -2.32. The van der Waals surface area contributed by atoms with Gasteiger partial charge in [0.1, 0.15) is 5.75 Å². The Hall–Kier alpha value is -2.93. The largest absolute Gasteiger partial charge is 0.497 e. The SMILES string of the molecule is COc1ccc2[nH]cc(C3CCN(C(=O)c4ccc5c(c4)NC(=O)CS5)CC3)c2c1. The molecule has 0 radical (unpaired) electrons. The van der Waals surface area contributed by atoms with Gasteiger partial charge >= 0.3 is 0 Å². The molecule has 1 aromatic heterocycles. The molecule has 0 atom stereocenters. The molecule has 0 spiro atoms. The number of aromatic amines is 1. The molecule has 0 saturated carbocycles. The van der Waals surface area contributed by atoms with Crippen LogP contribution in [0.1, 0.15) is 34.7 Å². The molecule has 0 unspecified atom stereocenters. The second-order valence-electron chi connectivity index (χ2n) is 7.77. The average molecular weight is 422 g/mol. The molecule has 6 nitrogen and oxygen atoms in total. The Bertz CT molecular complexity index is 1130. The summed E-state index contributed by atoms with van der Waals surface area (Å²) in [5.41, 5.74) is 3.78. The van der Waals surface area contributed by atoms with Crippen molar-refractivity contribution in [1.29, 1.82) is 0 Å². The molecule has 2 aromatic carbocycles. The number of likely N-dealkylation sites (tertiary alicyclic amines) is 1. The monoisotopic (exact) mass is 421 g/mol. The first-order valence-electron chi connectivity index (χ1n) is 10.1. The van der Waals surface area contributed by atoms with Gasteiger partial charge in [-0.15, -0.1) is 11.8 Å². The van der Waals surface area contributed by atoms with Crippen LogP contribution in [0.15, 0.2) is 47.5 Å². The minimum Gasteiger partial charge on any atom is -0.497 e. The first kappa shape index (κ1) is 19.1. The molecule has 1 saturated heterocycles. The molecule has 2 N–H and O–H groups in total. The molecule has 154 valence electrons. The van der Waals surface area contributed by atoms with Crippen LogP contribution in [0.5, 0.6) is 5.75 Å². The number of H-pyrrole nitrogens is 1. The van der Waals surface area contributed by atoms with Crippen LogP contribution in [-0.4, -0.2) is 47.7 Å². The van der Waals surface area contributed by atoms with Crippen molar-refractivity contribution < 1.29 is 14.3 Å². The number of ether oxygens (including phenoxy) is 1. The van der Waals surface area contributed by atoms with Crippen LogP contribution in [0.25, 0.3) is 10.9 Å². The highest BCUT2D eigenvalue weighted by Gasteiger charge is 2.27. The van der Waals surface area contributed by atoms with Gasteiger partial charge in [-0.2, -0.15) is 0 Å². The van der Waals surface area contributed by atoms with Crippen LogP contribution in [0.2, 0.25) is 0 Å². The summed E-state index contributed by atoms with van der Waals surface area (Å²) in [4.78, 5) is 31.0. The zero-order chi connectivity index (χ0) is 20.7. The van der Waals surface area contributed by atoms with E-state index in [1.165, 1.54) is 22.7 Å².